The summed E-state index contributed by atoms with van der Waals surface area (Å²) >= 11 is 0. The molecule has 0 aliphatic rings. The van der Waals surface area contributed by atoms with Crippen LogP contribution in [-0.2, 0) is 4.79 Å². The molecule has 1 aromatic carbocycles. The van der Waals surface area contributed by atoms with E-state index in [9.17, 15) is 9.59 Å². The second-order valence-electron chi connectivity index (χ2n) is 6.27. The highest BCUT2D eigenvalue weighted by molar-refractivity contribution is 5.95. The van der Waals surface area contributed by atoms with Crippen LogP contribution in [0.15, 0.2) is 30.5 Å². The number of nitrogens with one attached hydrogen (secondary N) is 1. The molecule has 0 aliphatic heterocycles. The molecule has 1 aromatic heterocycles. The molecule has 0 saturated heterocycles. The van der Waals surface area contributed by atoms with E-state index in [1.54, 1.807) is 18.5 Å². The van der Waals surface area contributed by atoms with Gasteiger partial charge in [-0.15, -0.1) is 0 Å². The van der Waals surface area contributed by atoms with Gasteiger partial charge in [-0.3, -0.25) is 9.59 Å². The lowest BCUT2D eigenvalue weighted by molar-refractivity contribution is -0.146. The van der Waals surface area contributed by atoms with Crippen LogP contribution in [0.4, 0.5) is 0 Å². The molecule has 0 saturated carbocycles. The van der Waals surface area contributed by atoms with Crippen molar-refractivity contribution in [2.75, 3.05) is 6.54 Å². The van der Waals surface area contributed by atoms with Gasteiger partial charge in [0.15, 0.2) is 0 Å². The first kappa shape index (κ1) is 16.7. The van der Waals surface area contributed by atoms with Crippen LogP contribution < -0.4 is 5.32 Å². The highest BCUT2D eigenvalue weighted by Gasteiger charge is 2.28. The van der Waals surface area contributed by atoms with Crippen molar-refractivity contribution >= 4 is 11.9 Å². The van der Waals surface area contributed by atoms with E-state index >= 15 is 0 Å². The number of rotatable bonds is 5. The van der Waals surface area contributed by atoms with Crippen LogP contribution in [0.3, 0.4) is 0 Å². The van der Waals surface area contributed by atoms with E-state index < -0.39 is 11.4 Å². The zero-order valence-corrected chi connectivity index (χ0v) is 13.8. The Kier molecular flexibility index (Phi) is 4.54. The lowest BCUT2D eigenvalue weighted by atomic mass is 9.94. The molecule has 0 aliphatic carbocycles. The minimum atomic E-state index is -1.02. The van der Waals surface area contributed by atoms with Crippen molar-refractivity contribution in [3.05, 3.63) is 47.3 Å². The van der Waals surface area contributed by atoms with Crippen LogP contribution in [0.25, 0.3) is 5.69 Å². The summed E-state index contributed by atoms with van der Waals surface area (Å²) in [6.07, 6.45) is 1.50. The Morgan fingerprint density at radius 3 is 2.61 bits per heavy atom. The number of aryl methyl sites for hydroxylation is 1. The predicted molar refractivity (Wildman–Crippen MR) is 86.8 cm³/mol. The Morgan fingerprint density at radius 2 is 2.00 bits per heavy atom. The van der Waals surface area contributed by atoms with Crippen molar-refractivity contribution in [2.24, 2.45) is 5.41 Å². The summed E-state index contributed by atoms with van der Waals surface area (Å²) in [7, 11) is 0. The Morgan fingerprint density at radius 1 is 1.30 bits per heavy atom. The zero-order chi connectivity index (χ0) is 17.2. The van der Waals surface area contributed by atoms with Crippen LogP contribution in [0.5, 0.6) is 0 Å². The normalized spacial score (nSPS) is 11.3. The van der Waals surface area contributed by atoms with Gasteiger partial charge in [-0.25, -0.2) is 4.68 Å². The SMILES string of the molecule is Cc1cccc(-n2ncc(C(=O)NCC(C)(C)C(=O)O)c2C)c1. The average Bonchev–Trinajstić information content (AvgIpc) is 2.86. The molecule has 1 heterocycles. The third-order valence-corrected chi connectivity index (χ3v) is 3.77. The molecule has 122 valence electrons. The molecule has 2 aromatic rings. The molecule has 23 heavy (non-hydrogen) atoms. The summed E-state index contributed by atoms with van der Waals surface area (Å²) in [4.78, 5) is 23.4. The van der Waals surface area contributed by atoms with E-state index in [4.69, 9.17) is 5.11 Å². The van der Waals surface area contributed by atoms with Crippen LogP contribution >= 0.6 is 0 Å². The first-order chi connectivity index (χ1) is 10.7. The van der Waals surface area contributed by atoms with Gasteiger partial charge in [0.05, 0.1) is 28.6 Å². The minimum absolute atomic E-state index is 0.0518. The number of benzene rings is 1. The largest absolute Gasteiger partial charge is 0.481 e. The maximum absolute atomic E-state index is 12.3. The molecular weight excluding hydrogens is 294 g/mol. The van der Waals surface area contributed by atoms with Crippen LogP contribution in [0.1, 0.15) is 35.5 Å². The van der Waals surface area contributed by atoms with Crippen molar-refractivity contribution in [1.29, 1.82) is 0 Å². The van der Waals surface area contributed by atoms with Crippen molar-refractivity contribution in [2.45, 2.75) is 27.7 Å². The van der Waals surface area contributed by atoms with E-state index in [2.05, 4.69) is 10.4 Å². The van der Waals surface area contributed by atoms with Crippen molar-refractivity contribution in [3.8, 4) is 5.69 Å². The first-order valence-electron chi connectivity index (χ1n) is 7.35. The van der Waals surface area contributed by atoms with Gasteiger partial charge in [0.1, 0.15) is 0 Å². The fraction of sp³-hybridized carbons (Fsp3) is 0.353. The minimum Gasteiger partial charge on any atom is -0.481 e. The van der Waals surface area contributed by atoms with Gasteiger partial charge >= 0.3 is 5.97 Å². The lowest BCUT2D eigenvalue weighted by Crippen LogP contribution is -2.39. The van der Waals surface area contributed by atoms with Crippen molar-refractivity contribution in [3.63, 3.8) is 0 Å². The Labute approximate surface area is 135 Å². The second-order valence-corrected chi connectivity index (χ2v) is 6.27. The summed E-state index contributed by atoms with van der Waals surface area (Å²) in [5, 5.41) is 16.0. The number of hydrogen-bond donors (Lipinski definition) is 2. The molecule has 2 rings (SSSR count). The number of carboxylic acids is 1. The molecule has 0 unspecified atom stereocenters. The van der Waals surface area contributed by atoms with E-state index in [1.165, 1.54) is 6.20 Å². The molecule has 6 heteroatoms. The molecule has 0 atom stereocenters. The number of carbonyl (C=O) groups is 2. The van der Waals surface area contributed by atoms with Crippen LogP contribution in [-0.4, -0.2) is 33.3 Å². The molecule has 1 amide bonds. The monoisotopic (exact) mass is 315 g/mol. The van der Waals surface area contributed by atoms with E-state index in [-0.39, 0.29) is 12.5 Å². The summed E-state index contributed by atoms with van der Waals surface area (Å²) in [6, 6.07) is 7.82. The standard InChI is InChI=1S/C17H21N3O3/c1-11-6-5-7-13(8-11)20-12(2)14(9-19-20)15(21)18-10-17(3,4)16(22)23/h5-9H,10H2,1-4H3,(H,18,21)(H,22,23). The number of amides is 1. The van der Waals surface area contributed by atoms with Gasteiger partial charge in [-0.05, 0) is 45.4 Å². The number of aliphatic carboxylic acids is 1. The average molecular weight is 315 g/mol. The van der Waals surface area contributed by atoms with Crippen molar-refractivity contribution < 1.29 is 14.7 Å². The molecular formula is C17H21N3O3. The third kappa shape index (κ3) is 3.59. The Balaban J connectivity index is 2.19. The predicted octanol–water partition coefficient (Wildman–Crippen LogP) is 2.33. The lowest BCUT2D eigenvalue weighted by Gasteiger charge is -2.19. The number of hydrogen-bond acceptors (Lipinski definition) is 3. The number of aromatic nitrogens is 2. The topological polar surface area (TPSA) is 84.2 Å². The van der Waals surface area contributed by atoms with E-state index in [0.29, 0.717) is 11.3 Å². The van der Waals surface area contributed by atoms with Gasteiger partial charge in [-0.2, -0.15) is 5.10 Å². The summed E-state index contributed by atoms with van der Waals surface area (Å²) in [5.74, 6) is -1.28. The quantitative estimate of drug-likeness (QED) is 0.887. The highest BCUT2D eigenvalue weighted by Crippen LogP contribution is 2.17. The van der Waals surface area contributed by atoms with Gasteiger partial charge in [0.25, 0.3) is 5.91 Å². The maximum atomic E-state index is 12.3. The zero-order valence-electron chi connectivity index (χ0n) is 13.8. The first-order valence-corrected chi connectivity index (χ1v) is 7.35. The third-order valence-electron chi connectivity index (χ3n) is 3.77. The highest BCUT2D eigenvalue weighted by atomic mass is 16.4. The maximum Gasteiger partial charge on any atom is 0.310 e. The van der Waals surface area contributed by atoms with Gasteiger partial charge in [0.2, 0.25) is 0 Å². The number of carbonyl (C=O) groups excluding carboxylic acids is 1. The molecule has 0 spiro atoms. The Hall–Kier alpha value is -2.63. The molecule has 0 radical (unpaired) electrons. The molecule has 0 fully saturated rings. The fourth-order valence-electron chi connectivity index (χ4n) is 2.12. The summed E-state index contributed by atoms with van der Waals surface area (Å²) in [5.41, 5.74) is 2.11. The number of carboxylic acid groups (broad SMARTS) is 1. The van der Waals surface area contributed by atoms with E-state index in [0.717, 1.165) is 11.3 Å². The summed E-state index contributed by atoms with van der Waals surface area (Å²) in [6.45, 7) is 6.99. The van der Waals surface area contributed by atoms with Crippen LogP contribution in [0.2, 0.25) is 0 Å². The van der Waals surface area contributed by atoms with Gasteiger partial charge in [-0.1, -0.05) is 12.1 Å². The van der Waals surface area contributed by atoms with Crippen molar-refractivity contribution in [1.82, 2.24) is 15.1 Å². The van der Waals surface area contributed by atoms with E-state index in [1.807, 2.05) is 38.1 Å². The number of nitrogens with zero attached hydrogens (tertiary/aromatic N) is 2. The van der Waals surface area contributed by atoms with Gasteiger partial charge < -0.3 is 10.4 Å². The van der Waals surface area contributed by atoms with Gasteiger partial charge in [0, 0.05) is 6.54 Å². The smallest absolute Gasteiger partial charge is 0.310 e. The molecule has 2 N–H and O–H groups in total. The second kappa shape index (κ2) is 6.24. The molecule has 6 nitrogen and oxygen atoms in total. The van der Waals surface area contributed by atoms with Crippen LogP contribution in [0, 0.1) is 19.3 Å². The fourth-order valence-corrected chi connectivity index (χ4v) is 2.12. The Bertz CT molecular complexity index is 747. The summed E-state index contributed by atoms with van der Waals surface area (Å²) < 4.78 is 1.70. The molecule has 0 bridgehead atoms.